The Morgan fingerprint density at radius 3 is 2.57 bits per heavy atom. The fraction of sp³-hybridized carbons (Fsp3) is 0.533. The lowest BCUT2D eigenvalue weighted by Gasteiger charge is -2.13. The SMILES string of the molecule is CNCC(C)C(=O)NCCc1ccc(OC)c(OC(F)F)c1.Cl. The summed E-state index contributed by atoms with van der Waals surface area (Å²) < 4.78 is 34.1. The molecule has 0 aromatic heterocycles. The van der Waals surface area contributed by atoms with Crippen LogP contribution in [0.1, 0.15) is 12.5 Å². The Kier molecular flexibility index (Phi) is 10.2. The summed E-state index contributed by atoms with van der Waals surface area (Å²) in [5, 5.41) is 5.74. The van der Waals surface area contributed by atoms with Crippen molar-refractivity contribution in [3.63, 3.8) is 0 Å². The summed E-state index contributed by atoms with van der Waals surface area (Å²) in [6.07, 6.45) is 0.515. The predicted molar refractivity (Wildman–Crippen MR) is 86.7 cm³/mol. The van der Waals surface area contributed by atoms with Gasteiger partial charge in [-0.1, -0.05) is 13.0 Å². The van der Waals surface area contributed by atoms with E-state index >= 15 is 0 Å². The molecule has 1 amide bonds. The molecule has 2 N–H and O–H groups in total. The molecule has 0 aliphatic rings. The predicted octanol–water partition coefficient (Wildman–Crippen LogP) is 2.23. The van der Waals surface area contributed by atoms with Gasteiger partial charge in [0, 0.05) is 19.0 Å². The van der Waals surface area contributed by atoms with Gasteiger partial charge in [-0.2, -0.15) is 8.78 Å². The molecule has 8 heteroatoms. The molecule has 0 heterocycles. The van der Waals surface area contributed by atoms with Gasteiger partial charge in [-0.3, -0.25) is 4.79 Å². The van der Waals surface area contributed by atoms with Crippen LogP contribution < -0.4 is 20.1 Å². The first kappa shape index (κ1) is 21.4. The molecule has 1 aromatic rings. The average molecular weight is 353 g/mol. The van der Waals surface area contributed by atoms with E-state index in [9.17, 15) is 13.6 Å². The van der Waals surface area contributed by atoms with Crippen LogP contribution in [0.25, 0.3) is 0 Å². The van der Waals surface area contributed by atoms with Gasteiger partial charge < -0.3 is 20.1 Å². The number of methoxy groups -OCH3 is 1. The largest absolute Gasteiger partial charge is 0.493 e. The highest BCUT2D eigenvalue weighted by Gasteiger charge is 2.13. The van der Waals surface area contributed by atoms with Crippen molar-refractivity contribution in [1.29, 1.82) is 0 Å². The van der Waals surface area contributed by atoms with Crippen molar-refractivity contribution in [2.24, 2.45) is 5.92 Å². The second kappa shape index (κ2) is 11.0. The van der Waals surface area contributed by atoms with Crippen LogP contribution in [0.3, 0.4) is 0 Å². The molecule has 0 aliphatic carbocycles. The molecule has 1 rings (SSSR count). The number of alkyl halides is 2. The van der Waals surface area contributed by atoms with E-state index in [1.165, 1.54) is 13.2 Å². The maximum Gasteiger partial charge on any atom is 0.387 e. The number of rotatable bonds is 9. The van der Waals surface area contributed by atoms with Gasteiger partial charge in [0.1, 0.15) is 0 Å². The maximum atomic E-state index is 12.3. The summed E-state index contributed by atoms with van der Waals surface area (Å²) in [4.78, 5) is 11.7. The van der Waals surface area contributed by atoms with Crippen molar-refractivity contribution in [2.45, 2.75) is 20.0 Å². The monoisotopic (exact) mass is 352 g/mol. The van der Waals surface area contributed by atoms with Crippen molar-refractivity contribution < 1.29 is 23.0 Å². The number of ether oxygens (including phenoxy) is 2. The number of carbonyl (C=O) groups is 1. The second-order valence-electron chi connectivity index (χ2n) is 4.86. The molecular weight excluding hydrogens is 330 g/mol. The first-order valence-electron chi connectivity index (χ1n) is 7.02. The minimum absolute atomic E-state index is 0. The van der Waals surface area contributed by atoms with Crippen LogP contribution in [0.5, 0.6) is 11.5 Å². The molecule has 0 spiro atoms. The lowest BCUT2D eigenvalue weighted by molar-refractivity contribution is -0.124. The smallest absolute Gasteiger partial charge is 0.387 e. The van der Waals surface area contributed by atoms with Gasteiger partial charge in [-0.15, -0.1) is 12.4 Å². The van der Waals surface area contributed by atoms with Crippen LogP contribution in [0.2, 0.25) is 0 Å². The van der Waals surface area contributed by atoms with Gasteiger partial charge >= 0.3 is 6.61 Å². The van der Waals surface area contributed by atoms with E-state index in [1.807, 2.05) is 6.92 Å². The molecule has 0 saturated heterocycles. The second-order valence-corrected chi connectivity index (χ2v) is 4.86. The van der Waals surface area contributed by atoms with Gasteiger partial charge in [0.15, 0.2) is 11.5 Å². The summed E-state index contributed by atoms with van der Waals surface area (Å²) >= 11 is 0. The highest BCUT2D eigenvalue weighted by atomic mass is 35.5. The summed E-state index contributed by atoms with van der Waals surface area (Å²) in [6.45, 7) is -0.0618. The number of halogens is 3. The molecule has 1 aromatic carbocycles. The number of hydrogen-bond acceptors (Lipinski definition) is 4. The Hall–Kier alpha value is -1.60. The highest BCUT2D eigenvalue weighted by Crippen LogP contribution is 2.29. The molecule has 1 unspecified atom stereocenters. The molecule has 23 heavy (non-hydrogen) atoms. The molecule has 0 bridgehead atoms. The molecule has 1 atom stereocenters. The molecule has 0 fully saturated rings. The van der Waals surface area contributed by atoms with Gasteiger partial charge in [0.25, 0.3) is 0 Å². The Morgan fingerprint density at radius 2 is 2.00 bits per heavy atom. The van der Waals surface area contributed by atoms with Crippen molar-refractivity contribution in [3.8, 4) is 11.5 Å². The van der Waals surface area contributed by atoms with Gasteiger partial charge in [0.2, 0.25) is 5.91 Å². The van der Waals surface area contributed by atoms with Gasteiger partial charge in [0.05, 0.1) is 7.11 Å². The van der Waals surface area contributed by atoms with Crippen LogP contribution in [0.15, 0.2) is 18.2 Å². The fourth-order valence-corrected chi connectivity index (χ4v) is 1.97. The van der Waals surface area contributed by atoms with E-state index in [-0.39, 0.29) is 35.7 Å². The number of amides is 1. The van der Waals surface area contributed by atoms with E-state index in [1.54, 1.807) is 19.2 Å². The third kappa shape index (κ3) is 7.47. The van der Waals surface area contributed by atoms with Crippen molar-refractivity contribution in [1.82, 2.24) is 10.6 Å². The van der Waals surface area contributed by atoms with Crippen LogP contribution in [0.4, 0.5) is 8.78 Å². The Bertz CT molecular complexity index is 490. The lowest BCUT2D eigenvalue weighted by atomic mass is 10.1. The zero-order chi connectivity index (χ0) is 16.5. The topological polar surface area (TPSA) is 59.6 Å². The summed E-state index contributed by atoms with van der Waals surface area (Å²) in [5.74, 6) is 0.0612. The number of hydrogen-bond donors (Lipinski definition) is 2. The van der Waals surface area contributed by atoms with E-state index in [0.29, 0.717) is 19.5 Å². The van der Waals surface area contributed by atoms with Gasteiger partial charge in [-0.25, -0.2) is 0 Å². The summed E-state index contributed by atoms with van der Waals surface area (Å²) in [5.41, 5.74) is 0.776. The Labute approximate surface area is 141 Å². The van der Waals surface area contributed by atoms with Crippen LogP contribution in [0, 0.1) is 5.92 Å². The third-order valence-corrected chi connectivity index (χ3v) is 3.11. The minimum Gasteiger partial charge on any atom is -0.493 e. The molecule has 0 radical (unpaired) electrons. The molecular formula is C15H23ClF2N2O3. The van der Waals surface area contributed by atoms with E-state index in [4.69, 9.17) is 4.74 Å². The third-order valence-electron chi connectivity index (χ3n) is 3.11. The van der Waals surface area contributed by atoms with E-state index in [0.717, 1.165) is 5.56 Å². The molecule has 0 saturated carbocycles. The fourth-order valence-electron chi connectivity index (χ4n) is 1.97. The van der Waals surface area contributed by atoms with E-state index < -0.39 is 6.61 Å². The standard InChI is InChI=1S/C15H22F2N2O3.ClH/c1-10(9-18-2)14(20)19-7-6-11-4-5-12(21-3)13(8-11)22-15(16)17;/h4-5,8,10,15,18H,6-7,9H2,1-3H3,(H,19,20);1H. The van der Waals surface area contributed by atoms with Crippen molar-refractivity contribution >= 4 is 18.3 Å². The molecule has 0 aliphatic heterocycles. The average Bonchev–Trinajstić information content (AvgIpc) is 2.47. The number of carbonyl (C=O) groups excluding carboxylic acids is 1. The maximum absolute atomic E-state index is 12.3. The Morgan fingerprint density at radius 1 is 1.30 bits per heavy atom. The number of benzene rings is 1. The van der Waals surface area contributed by atoms with Crippen molar-refractivity contribution in [2.75, 3.05) is 27.2 Å². The lowest BCUT2D eigenvalue weighted by Crippen LogP contribution is -2.35. The zero-order valence-corrected chi connectivity index (χ0v) is 14.2. The summed E-state index contributed by atoms with van der Waals surface area (Å²) in [6, 6.07) is 4.81. The normalized spacial score (nSPS) is 11.6. The highest BCUT2D eigenvalue weighted by molar-refractivity contribution is 5.85. The van der Waals surface area contributed by atoms with Crippen LogP contribution in [-0.2, 0) is 11.2 Å². The summed E-state index contributed by atoms with van der Waals surface area (Å²) in [7, 11) is 3.17. The Balaban J connectivity index is 0.00000484. The number of nitrogens with one attached hydrogen (secondary N) is 2. The molecule has 132 valence electrons. The first-order valence-corrected chi connectivity index (χ1v) is 7.02. The van der Waals surface area contributed by atoms with E-state index in [2.05, 4.69) is 15.4 Å². The van der Waals surface area contributed by atoms with Gasteiger partial charge in [-0.05, 0) is 31.2 Å². The minimum atomic E-state index is -2.91. The van der Waals surface area contributed by atoms with Crippen molar-refractivity contribution in [3.05, 3.63) is 23.8 Å². The van der Waals surface area contributed by atoms with Crippen LogP contribution in [-0.4, -0.2) is 39.8 Å². The molecule has 5 nitrogen and oxygen atoms in total. The zero-order valence-electron chi connectivity index (χ0n) is 13.4. The quantitative estimate of drug-likeness (QED) is 0.715. The first-order chi connectivity index (χ1) is 10.5. The van der Waals surface area contributed by atoms with Crippen LogP contribution >= 0.6 is 12.4 Å².